The zero-order valence-electron chi connectivity index (χ0n) is 13.1. The van der Waals surface area contributed by atoms with Crippen LogP contribution in [0.3, 0.4) is 0 Å². The third-order valence-corrected chi connectivity index (χ3v) is 4.15. The van der Waals surface area contributed by atoms with Crippen molar-refractivity contribution in [1.29, 1.82) is 0 Å². The van der Waals surface area contributed by atoms with Gasteiger partial charge in [0, 0.05) is 30.9 Å². The zero-order valence-corrected chi connectivity index (χ0v) is 13.1. The van der Waals surface area contributed by atoms with Gasteiger partial charge in [-0.1, -0.05) is 12.1 Å². The average Bonchev–Trinajstić information content (AvgIpc) is 3.08. The number of hydrogen-bond donors (Lipinski definition) is 2. The van der Waals surface area contributed by atoms with Crippen LogP contribution >= 0.6 is 0 Å². The molecule has 1 aromatic heterocycles. The van der Waals surface area contributed by atoms with Crippen molar-refractivity contribution in [3.8, 4) is 5.75 Å². The Labute approximate surface area is 135 Å². The van der Waals surface area contributed by atoms with Crippen LogP contribution in [0.25, 0.3) is 0 Å². The van der Waals surface area contributed by atoms with Crippen LogP contribution in [0.4, 0.5) is 0 Å². The number of hydrogen-bond acceptors (Lipinski definition) is 4. The number of amides is 1. The maximum Gasteiger partial charge on any atom is 0.255 e. The lowest BCUT2D eigenvalue weighted by Crippen LogP contribution is -2.34. The molecule has 1 saturated heterocycles. The van der Waals surface area contributed by atoms with E-state index < -0.39 is 5.91 Å². The number of ether oxygens (including phenoxy) is 1. The molecule has 3 N–H and O–H groups in total. The number of carbonyl (C=O) groups is 1. The molecule has 1 aliphatic rings. The average molecular weight is 314 g/mol. The minimum absolute atomic E-state index is 0.0882. The van der Waals surface area contributed by atoms with Crippen molar-refractivity contribution in [2.75, 3.05) is 19.7 Å². The molecule has 1 unspecified atom stereocenters. The number of nitrogens with one attached hydrogen (secondary N) is 1. The van der Waals surface area contributed by atoms with E-state index >= 15 is 0 Å². The number of benzene rings is 1. The van der Waals surface area contributed by atoms with Gasteiger partial charge in [0.2, 0.25) is 0 Å². The van der Waals surface area contributed by atoms with Crippen molar-refractivity contribution in [2.24, 2.45) is 5.73 Å². The second-order valence-corrected chi connectivity index (χ2v) is 5.99. The van der Waals surface area contributed by atoms with Gasteiger partial charge in [-0.25, -0.2) is 0 Å². The van der Waals surface area contributed by atoms with E-state index in [0.29, 0.717) is 11.7 Å². The summed E-state index contributed by atoms with van der Waals surface area (Å²) in [5.74, 6) is 0.734. The fourth-order valence-corrected chi connectivity index (χ4v) is 3.09. The van der Waals surface area contributed by atoms with Gasteiger partial charge in [0.25, 0.3) is 5.91 Å². The Hall–Kier alpha value is -2.34. The van der Waals surface area contributed by atoms with E-state index in [1.54, 1.807) is 0 Å². The summed E-state index contributed by atoms with van der Waals surface area (Å²) in [4.78, 5) is 13.3. The third kappa shape index (κ3) is 4.32. The number of piperidine rings is 1. The van der Waals surface area contributed by atoms with Crippen molar-refractivity contribution >= 4 is 5.91 Å². The molecule has 2 aromatic rings. The lowest BCUT2D eigenvalue weighted by molar-refractivity contribution is -0.119. The molecule has 3 rings (SSSR count). The lowest BCUT2D eigenvalue weighted by atomic mass is 9.94. The molecular formula is C17H22N4O2. The van der Waals surface area contributed by atoms with Crippen LogP contribution in [-0.2, 0) is 11.3 Å². The second-order valence-electron chi connectivity index (χ2n) is 5.99. The first kappa shape index (κ1) is 15.6. The number of rotatable bonds is 6. The molecule has 1 aromatic carbocycles. The van der Waals surface area contributed by atoms with E-state index in [0.717, 1.165) is 19.6 Å². The van der Waals surface area contributed by atoms with Gasteiger partial charge in [-0.15, -0.1) is 0 Å². The molecule has 2 heterocycles. The van der Waals surface area contributed by atoms with E-state index in [2.05, 4.69) is 27.2 Å². The quantitative estimate of drug-likeness (QED) is 0.849. The van der Waals surface area contributed by atoms with Gasteiger partial charge in [-0.2, -0.15) is 5.10 Å². The van der Waals surface area contributed by atoms with Gasteiger partial charge < -0.3 is 10.5 Å². The van der Waals surface area contributed by atoms with Crippen LogP contribution in [0.1, 0.15) is 30.0 Å². The fraction of sp³-hybridized carbons (Fsp3) is 0.412. The van der Waals surface area contributed by atoms with Gasteiger partial charge in [0.15, 0.2) is 6.61 Å². The van der Waals surface area contributed by atoms with Gasteiger partial charge in [-0.3, -0.25) is 14.8 Å². The number of nitrogens with two attached hydrogens (primary N) is 1. The monoisotopic (exact) mass is 314 g/mol. The van der Waals surface area contributed by atoms with Crippen molar-refractivity contribution in [1.82, 2.24) is 15.1 Å². The molecule has 0 saturated carbocycles. The third-order valence-electron chi connectivity index (χ3n) is 4.15. The standard InChI is InChI=1S/C17H22N4O2/c18-17(22)12-23-15-5-1-3-13(9-15)10-21-8-2-4-14(11-21)16-6-7-19-20-16/h1,3,5-7,9,14H,2,4,8,10-12H2,(H2,18,22)(H,19,20). The van der Waals surface area contributed by atoms with E-state index in [1.807, 2.05) is 24.4 Å². The topological polar surface area (TPSA) is 84.2 Å². The first-order valence-corrected chi connectivity index (χ1v) is 7.92. The van der Waals surface area contributed by atoms with Crippen molar-refractivity contribution < 1.29 is 9.53 Å². The number of carbonyl (C=O) groups excluding carboxylic acids is 1. The van der Waals surface area contributed by atoms with Crippen molar-refractivity contribution in [3.05, 3.63) is 47.8 Å². The Morgan fingerprint density at radius 2 is 2.35 bits per heavy atom. The molecule has 6 nitrogen and oxygen atoms in total. The van der Waals surface area contributed by atoms with E-state index in [9.17, 15) is 4.79 Å². The molecule has 122 valence electrons. The predicted octanol–water partition coefficient (Wildman–Crippen LogP) is 1.65. The van der Waals surface area contributed by atoms with E-state index in [1.165, 1.54) is 24.1 Å². The number of nitrogens with zero attached hydrogens (tertiary/aromatic N) is 2. The smallest absolute Gasteiger partial charge is 0.255 e. The predicted molar refractivity (Wildman–Crippen MR) is 87.0 cm³/mol. The number of aromatic nitrogens is 2. The summed E-state index contributed by atoms with van der Waals surface area (Å²) >= 11 is 0. The first-order valence-electron chi connectivity index (χ1n) is 7.92. The minimum Gasteiger partial charge on any atom is -0.484 e. The molecule has 0 spiro atoms. The summed E-state index contributed by atoms with van der Waals surface area (Å²) in [6.45, 7) is 2.90. The van der Waals surface area contributed by atoms with Crippen LogP contribution in [0.2, 0.25) is 0 Å². The molecule has 0 bridgehead atoms. The summed E-state index contributed by atoms with van der Waals surface area (Å²) in [5, 5.41) is 7.14. The summed E-state index contributed by atoms with van der Waals surface area (Å²) in [6.07, 6.45) is 4.19. The van der Waals surface area contributed by atoms with Crippen LogP contribution < -0.4 is 10.5 Å². The normalized spacial score (nSPS) is 18.7. The van der Waals surface area contributed by atoms with Crippen LogP contribution in [0.15, 0.2) is 36.5 Å². The summed E-state index contributed by atoms with van der Waals surface area (Å²) < 4.78 is 5.37. The van der Waals surface area contributed by atoms with Gasteiger partial charge in [0.05, 0.1) is 0 Å². The first-order chi connectivity index (χ1) is 11.2. The highest BCUT2D eigenvalue weighted by Gasteiger charge is 2.22. The number of aromatic amines is 1. The fourth-order valence-electron chi connectivity index (χ4n) is 3.09. The van der Waals surface area contributed by atoms with Gasteiger partial charge in [-0.05, 0) is 43.1 Å². The summed E-state index contributed by atoms with van der Waals surface area (Å²) in [5.41, 5.74) is 7.50. The Morgan fingerprint density at radius 3 is 3.13 bits per heavy atom. The molecule has 0 radical (unpaired) electrons. The van der Waals surface area contributed by atoms with E-state index in [-0.39, 0.29) is 6.61 Å². The maximum atomic E-state index is 10.8. The molecule has 1 aliphatic heterocycles. The van der Waals surface area contributed by atoms with Gasteiger partial charge in [0.1, 0.15) is 5.75 Å². The van der Waals surface area contributed by atoms with Crippen molar-refractivity contribution in [3.63, 3.8) is 0 Å². The number of H-pyrrole nitrogens is 1. The Kier molecular flexibility index (Phi) is 4.92. The minimum atomic E-state index is -0.464. The Balaban J connectivity index is 1.60. The molecule has 1 amide bonds. The molecule has 1 fully saturated rings. The summed E-state index contributed by atoms with van der Waals surface area (Å²) in [7, 11) is 0. The zero-order chi connectivity index (χ0) is 16.1. The largest absolute Gasteiger partial charge is 0.484 e. The lowest BCUT2D eigenvalue weighted by Gasteiger charge is -2.32. The molecular weight excluding hydrogens is 292 g/mol. The van der Waals surface area contributed by atoms with E-state index in [4.69, 9.17) is 10.5 Å². The number of primary amides is 1. The second kappa shape index (κ2) is 7.28. The number of likely N-dealkylation sites (tertiary alicyclic amines) is 1. The van der Waals surface area contributed by atoms with Crippen molar-refractivity contribution in [2.45, 2.75) is 25.3 Å². The Bertz CT molecular complexity index is 642. The Morgan fingerprint density at radius 1 is 1.43 bits per heavy atom. The van der Waals surface area contributed by atoms with Crippen LogP contribution in [0, 0.1) is 0 Å². The van der Waals surface area contributed by atoms with Crippen LogP contribution in [0.5, 0.6) is 5.75 Å². The summed E-state index contributed by atoms with van der Waals surface area (Å²) in [6, 6.07) is 9.91. The van der Waals surface area contributed by atoms with Gasteiger partial charge >= 0.3 is 0 Å². The highest BCUT2D eigenvalue weighted by Crippen LogP contribution is 2.26. The highest BCUT2D eigenvalue weighted by atomic mass is 16.5. The molecule has 1 atom stereocenters. The SMILES string of the molecule is NC(=O)COc1cccc(CN2CCCC(c3ccn[nH]3)C2)c1. The maximum absolute atomic E-state index is 10.8. The molecule has 0 aliphatic carbocycles. The van der Waals surface area contributed by atoms with Crippen LogP contribution in [-0.4, -0.2) is 40.7 Å². The molecule has 23 heavy (non-hydrogen) atoms. The molecule has 6 heteroatoms. The highest BCUT2D eigenvalue weighted by molar-refractivity contribution is 5.75.